The lowest BCUT2D eigenvalue weighted by Crippen LogP contribution is -2.60. The van der Waals surface area contributed by atoms with E-state index in [0.29, 0.717) is 50.1 Å². The van der Waals surface area contributed by atoms with Gasteiger partial charge in [-0.1, -0.05) is 269 Å². The maximum Gasteiger partial charge on any atom is 0.130 e. The Balaban J connectivity index is 1.34. The van der Waals surface area contributed by atoms with Gasteiger partial charge in [-0.3, -0.25) is 10.6 Å². The molecule has 7 N–H and O–H groups in total. The zero-order valence-electron chi connectivity index (χ0n) is 42.2. The zero-order valence-corrected chi connectivity index (χ0v) is 42.2. The minimum Gasteiger partial charge on any atom is -0.508 e. The normalized spacial score (nSPS) is 13.4. The van der Waals surface area contributed by atoms with Gasteiger partial charge in [0.2, 0.25) is 0 Å². The average Bonchev–Trinajstić information content (AvgIpc) is 3.45. The van der Waals surface area contributed by atoms with Crippen molar-refractivity contribution in [2.45, 2.75) is 79.7 Å². The molecule has 0 aromatic heterocycles. The molecule has 0 saturated heterocycles. The van der Waals surface area contributed by atoms with E-state index in [1.54, 1.807) is 6.07 Å². The van der Waals surface area contributed by atoms with E-state index < -0.39 is 40.7 Å². The molecular weight excluding hydrogens is 913 g/mol. The molecule has 0 aliphatic carbocycles. The van der Waals surface area contributed by atoms with Crippen LogP contribution in [0, 0.1) is 0 Å². The van der Waals surface area contributed by atoms with E-state index in [1.807, 2.05) is 255 Å². The van der Waals surface area contributed by atoms with Crippen LogP contribution < -0.4 is 10.6 Å². The Kier molecular flexibility index (Phi) is 15.3. The first kappa shape index (κ1) is 51.4. The van der Waals surface area contributed by atoms with Gasteiger partial charge in [0, 0.05) is 30.5 Å². The minimum atomic E-state index is -1.88. The molecule has 0 fully saturated rings. The Morgan fingerprint density at radius 1 is 0.324 bits per heavy atom. The highest BCUT2D eigenvalue weighted by molar-refractivity contribution is 5.47. The van der Waals surface area contributed by atoms with Crippen molar-refractivity contribution in [3.8, 4) is 5.75 Å². The van der Waals surface area contributed by atoms with Gasteiger partial charge in [-0.25, -0.2) is 0 Å². The number of phenolic OH excluding ortho intramolecular Hbond substituents is 1. The van der Waals surface area contributed by atoms with E-state index in [2.05, 4.69) is 31.4 Å². The largest absolute Gasteiger partial charge is 0.508 e. The number of aromatic hydroxyl groups is 1. The van der Waals surface area contributed by atoms with Crippen LogP contribution in [-0.4, -0.2) is 37.6 Å². The predicted molar refractivity (Wildman–Crippen MR) is 296 cm³/mol. The fourth-order valence-electron chi connectivity index (χ4n) is 10.7. The molecule has 0 amide bonds. The lowest BCUT2D eigenvalue weighted by molar-refractivity contribution is -0.0334. The monoisotopic (exact) mass is 978 g/mol. The molecule has 0 aliphatic heterocycles. The summed E-state index contributed by atoms with van der Waals surface area (Å²) in [5, 5.41) is 76.1. The number of hydrogen-bond acceptors (Lipinski definition) is 7. The molecule has 7 nitrogen and oxygen atoms in total. The number of phenols is 1. The molecule has 0 unspecified atom stereocenters. The van der Waals surface area contributed by atoms with Gasteiger partial charge in [0.1, 0.15) is 28.2 Å². The Hall–Kier alpha value is -7.46. The fraction of sp³-hybridized carbons (Fsp3) is 0.194. The number of benzene rings is 9. The van der Waals surface area contributed by atoms with E-state index in [0.717, 1.165) is 5.56 Å². The van der Waals surface area contributed by atoms with Crippen molar-refractivity contribution in [2.75, 3.05) is 0 Å². The highest BCUT2D eigenvalue weighted by Gasteiger charge is 2.50. The van der Waals surface area contributed by atoms with Crippen LogP contribution in [0.25, 0.3) is 0 Å². The second-order valence-corrected chi connectivity index (χ2v) is 20.5. The third kappa shape index (κ3) is 10.5. The summed E-state index contributed by atoms with van der Waals surface area (Å²) < 4.78 is 0. The third-order valence-electron chi connectivity index (χ3n) is 14.8. The highest BCUT2D eigenvalue weighted by Crippen LogP contribution is 2.46. The SMILES string of the molecule is CC(C)(C)c1ccc(O)c(C(N[C@@H](CC(O)(c2ccccc2)c2ccccc2)C(O)(c2ccccc2)c2ccccc2)N[C@@H](CC(O)(c2ccccc2)c2ccccc2)C(O)(c2ccccc2)c2ccccc2)c1. The number of rotatable bonds is 19. The van der Waals surface area contributed by atoms with E-state index in [-0.39, 0.29) is 24.0 Å². The third-order valence-corrected chi connectivity index (χ3v) is 14.8. The summed E-state index contributed by atoms with van der Waals surface area (Å²) in [5.41, 5.74) is -1.55. The van der Waals surface area contributed by atoms with Crippen LogP contribution in [0.4, 0.5) is 0 Å². The summed E-state index contributed by atoms with van der Waals surface area (Å²) in [4.78, 5) is 0. The molecule has 0 bridgehead atoms. The summed E-state index contributed by atoms with van der Waals surface area (Å²) in [6.45, 7) is 6.33. The fourth-order valence-corrected chi connectivity index (χ4v) is 10.7. The van der Waals surface area contributed by atoms with Crippen molar-refractivity contribution in [3.05, 3.63) is 316 Å². The molecule has 0 radical (unpaired) electrons. The average molecular weight is 979 g/mol. The summed E-state index contributed by atoms with van der Waals surface area (Å²) in [6, 6.07) is 79.1. The molecule has 0 spiro atoms. The van der Waals surface area contributed by atoms with Gasteiger partial charge in [-0.2, -0.15) is 0 Å². The van der Waals surface area contributed by atoms with E-state index in [4.69, 9.17) is 0 Å². The highest BCUT2D eigenvalue weighted by atomic mass is 16.3. The van der Waals surface area contributed by atoms with Crippen molar-refractivity contribution < 1.29 is 25.5 Å². The Bertz CT molecular complexity index is 2810. The van der Waals surface area contributed by atoms with Gasteiger partial charge in [0.05, 0.1) is 6.17 Å². The van der Waals surface area contributed by atoms with Gasteiger partial charge in [0.25, 0.3) is 0 Å². The molecule has 7 heteroatoms. The van der Waals surface area contributed by atoms with Crippen molar-refractivity contribution in [3.63, 3.8) is 0 Å². The van der Waals surface area contributed by atoms with Crippen molar-refractivity contribution in [1.29, 1.82) is 0 Å². The lowest BCUT2D eigenvalue weighted by atomic mass is 9.71. The molecule has 9 aromatic rings. The summed E-state index contributed by atoms with van der Waals surface area (Å²) in [5.74, 6) is -0.0471. The van der Waals surface area contributed by atoms with E-state index in [1.165, 1.54) is 0 Å². The molecular formula is C67H66N2O5. The maximum atomic E-state index is 14.2. The lowest BCUT2D eigenvalue weighted by Gasteiger charge is -2.47. The quantitative estimate of drug-likeness (QED) is 0.0403. The molecule has 74 heavy (non-hydrogen) atoms. The van der Waals surface area contributed by atoms with Crippen LogP contribution in [0.3, 0.4) is 0 Å². The van der Waals surface area contributed by atoms with E-state index >= 15 is 0 Å². The number of aliphatic hydroxyl groups is 4. The van der Waals surface area contributed by atoms with Crippen LogP contribution in [0.1, 0.15) is 95.4 Å². The van der Waals surface area contributed by atoms with Gasteiger partial charge in [-0.05, 0) is 67.6 Å². The Labute approximate surface area is 436 Å². The Morgan fingerprint density at radius 2 is 0.568 bits per heavy atom. The van der Waals surface area contributed by atoms with Crippen molar-refractivity contribution >= 4 is 0 Å². The second kappa shape index (κ2) is 21.9. The Morgan fingerprint density at radius 3 is 0.811 bits per heavy atom. The van der Waals surface area contributed by atoms with Crippen LogP contribution in [-0.2, 0) is 27.8 Å². The molecule has 374 valence electrons. The van der Waals surface area contributed by atoms with Crippen LogP contribution in [0.2, 0.25) is 0 Å². The second-order valence-electron chi connectivity index (χ2n) is 20.5. The molecule has 0 heterocycles. The van der Waals surface area contributed by atoms with E-state index in [9.17, 15) is 25.5 Å². The molecule has 9 rings (SSSR count). The van der Waals surface area contributed by atoms with Gasteiger partial charge in [0.15, 0.2) is 0 Å². The number of hydrogen-bond donors (Lipinski definition) is 7. The zero-order chi connectivity index (χ0) is 51.8. The molecule has 9 aromatic carbocycles. The first-order valence-corrected chi connectivity index (χ1v) is 25.4. The summed E-state index contributed by atoms with van der Waals surface area (Å²) in [7, 11) is 0. The van der Waals surface area contributed by atoms with Gasteiger partial charge in [-0.15, -0.1) is 0 Å². The standard InChI is InChI=1S/C67H66N2O5/c1-63(2,3)57-44-45-59(70)58(46-57)62(68-60(66(73,53-36-20-8-21-37-53)54-38-22-9-23-39-54)47-64(71,49-28-12-4-13-29-49)50-30-14-5-15-31-50)69-61(67(74,55-40-24-10-25-41-55)56-42-26-11-27-43-56)48-65(72,51-32-16-6-17-33-51)52-34-18-7-19-35-52/h4-46,60-62,68-74H,47-48H2,1-3H3/t60-,61-/m0/s1. The molecule has 0 saturated carbocycles. The van der Waals surface area contributed by atoms with Gasteiger partial charge < -0.3 is 25.5 Å². The summed E-state index contributed by atoms with van der Waals surface area (Å²) >= 11 is 0. The van der Waals surface area contributed by atoms with Crippen LogP contribution in [0.15, 0.2) is 261 Å². The van der Waals surface area contributed by atoms with Crippen molar-refractivity contribution in [1.82, 2.24) is 10.6 Å². The summed E-state index contributed by atoms with van der Waals surface area (Å²) in [6.07, 6.45) is -1.34. The van der Waals surface area contributed by atoms with Crippen LogP contribution >= 0.6 is 0 Å². The topological polar surface area (TPSA) is 125 Å². The first-order valence-electron chi connectivity index (χ1n) is 25.4. The minimum absolute atomic E-state index is 0.0471. The maximum absolute atomic E-state index is 14.2. The van der Waals surface area contributed by atoms with Crippen LogP contribution in [0.5, 0.6) is 5.75 Å². The van der Waals surface area contributed by atoms with Gasteiger partial charge >= 0.3 is 0 Å². The van der Waals surface area contributed by atoms with Crippen molar-refractivity contribution in [2.24, 2.45) is 0 Å². The molecule has 0 aliphatic rings. The predicted octanol–water partition coefficient (Wildman–Crippen LogP) is 12.1. The first-order chi connectivity index (χ1) is 35.7. The smallest absolute Gasteiger partial charge is 0.130 e. The number of nitrogens with one attached hydrogen (secondary N) is 2. The molecule has 2 atom stereocenters.